The van der Waals surface area contributed by atoms with Gasteiger partial charge in [-0.25, -0.2) is 9.67 Å². The van der Waals surface area contributed by atoms with Crippen molar-refractivity contribution in [1.29, 1.82) is 0 Å². The van der Waals surface area contributed by atoms with E-state index in [9.17, 15) is 14.4 Å². The van der Waals surface area contributed by atoms with E-state index in [1.54, 1.807) is 22.9 Å². The Hall–Kier alpha value is -3.85. The number of aromatic nitrogens is 3. The standard InChI is InChI=1S/C23H21N5O3S/c1-13-7-6-10-18-19(13)26-23(32-18)28-14(2)11-17(27-28)22(31)25-16(20(29)21(24)30)12-15-8-4-3-5-9-15/h3-11,16H,12H2,1-2H3,(H2,24,30)(H,25,31). The van der Waals surface area contributed by atoms with Crippen molar-refractivity contribution in [2.75, 3.05) is 0 Å². The van der Waals surface area contributed by atoms with Gasteiger partial charge in [0.2, 0.25) is 10.9 Å². The van der Waals surface area contributed by atoms with E-state index in [0.717, 1.165) is 21.3 Å². The number of benzene rings is 2. The molecule has 0 saturated heterocycles. The molecule has 0 saturated carbocycles. The Balaban J connectivity index is 1.60. The molecule has 0 spiro atoms. The third-order valence-electron chi connectivity index (χ3n) is 5.06. The van der Waals surface area contributed by atoms with Crippen molar-refractivity contribution in [3.63, 3.8) is 0 Å². The SMILES string of the molecule is Cc1cccc2sc(-n3nc(C(=O)NC(Cc4ccccc4)C(=O)C(N)=O)cc3C)nc12. The van der Waals surface area contributed by atoms with Gasteiger partial charge >= 0.3 is 0 Å². The second-order valence-corrected chi connectivity index (χ2v) is 8.45. The highest BCUT2D eigenvalue weighted by Gasteiger charge is 2.27. The lowest BCUT2D eigenvalue weighted by molar-refractivity contribution is -0.137. The molecular formula is C23H21N5O3S. The van der Waals surface area contributed by atoms with Crippen molar-refractivity contribution < 1.29 is 14.4 Å². The van der Waals surface area contributed by atoms with Crippen molar-refractivity contribution >= 4 is 39.2 Å². The Labute approximate surface area is 188 Å². The summed E-state index contributed by atoms with van der Waals surface area (Å²) in [5.74, 6) is -2.53. The molecule has 0 radical (unpaired) electrons. The first-order chi connectivity index (χ1) is 15.3. The number of aryl methyl sites for hydroxylation is 2. The summed E-state index contributed by atoms with van der Waals surface area (Å²) in [6, 6.07) is 15.6. The molecule has 0 aliphatic carbocycles. The number of hydrogen-bond donors (Lipinski definition) is 2. The zero-order valence-corrected chi connectivity index (χ0v) is 18.3. The smallest absolute Gasteiger partial charge is 0.287 e. The van der Waals surface area contributed by atoms with E-state index < -0.39 is 23.6 Å². The van der Waals surface area contributed by atoms with Crippen LogP contribution in [0.3, 0.4) is 0 Å². The lowest BCUT2D eigenvalue weighted by Crippen LogP contribution is -2.47. The number of carbonyl (C=O) groups excluding carboxylic acids is 3. The van der Waals surface area contributed by atoms with Gasteiger partial charge in [-0.1, -0.05) is 53.8 Å². The van der Waals surface area contributed by atoms with Gasteiger partial charge in [0.15, 0.2) is 5.69 Å². The molecule has 162 valence electrons. The van der Waals surface area contributed by atoms with Crippen LogP contribution >= 0.6 is 11.3 Å². The third kappa shape index (κ3) is 4.28. The molecule has 4 aromatic rings. The normalized spacial score (nSPS) is 11.9. The first-order valence-electron chi connectivity index (χ1n) is 9.95. The van der Waals surface area contributed by atoms with Crippen molar-refractivity contribution in [3.05, 3.63) is 77.1 Å². The van der Waals surface area contributed by atoms with Gasteiger partial charge in [0.25, 0.3) is 11.8 Å². The molecule has 2 aromatic carbocycles. The number of fused-ring (bicyclic) bond motifs is 1. The van der Waals surface area contributed by atoms with Gasteiger partial charge < -0.3 is 11.1 Å². The maximum Gasteiger partial charge on any atom is 0.287 e. The highest BCUT2D eigenvalue weighted by Crippen LogP contribution is 2.27. The number of Topliss-reactive ketones (excluding diaryl/α,β-unsaturated/α-hetero) is 1. The Bertz CT molecular complexity index is 1330. The Morgan fingerprint density at radius 2 is 1.84 bits per heavy atom. The average Bonchev–Trinajstić information content (AvgIpc) is 3.37. The van der Waals surface area contributed by atoms with Gasteiger partial charge in [0.1, 0.15) is 6.04 Å². The summed E-state index contributed by atoms with van der Waals surface area (Å²) in [5.41, 5.74) is 8.77. The summed E-state index contributed by atoms with van der Waals surface area (Å²) in [6.07, 6.45) is 0.144. The molecule has 3 N–H and O–H groups in total. The van der Waals surface area contributed by atoms with Crippen LogP contribution in [0.15, 0.2) is 54.6 Å². The van der Waals surface area contributed by atoms with E-state index in [1.807, 2.05) is 50.2 Å². The van der Waals surface area contributed by atoms with E-state index in [1.165, 1.54) is 11.3 Å². The van der Waals surface area contributed by atoms with E-state index in [-0.39, 0.29) is 12.1 Å². The molecule has 0 bridgehead atoms. The average molecular weight is 448 g/mol. The Morgan fingerprint density at radius 3 is 2.53 bits per heavy atom. The van der Waals surface area contributed by atoms with Gasteiger partial charge in [0.05, 0.1) is 10.2 Å². The minimum absolute atomic E-state index is 0.119. The first kappa shape index (κ1) is 21.4. The van der Waals surface area contributed by atoms with Gasteiger partial charge in [0, 0.05) is 12.1 Å². The molecule has 0 aliphatic rings. The number of primary amides is 1. The Kier molecular flexibility index (Phi) is 5.83. The van der Waals surface area contributed by atoms with Crippen LogP contribution in [-0.2, 0) is 16.0 Å². The predicted octanol–water partition coefficient (Wildman–Crippen LogP) is 2.49. The maximum atomic E-state index is 12.9. The second kappa shape index (κ2) is 8.72. The van der Waals surface area contributed by atoms with Crippen LogP contribution in [0, 0.1) is 13.8 Å². The summed E-state index contributed by atoms with van der Waals surface area (Å²) in [4.78, 5) is 41.4. The van der Waals surface area contributed by atoms with Gasteiger partial charge in [-0.05, 0) is 37.1 Å². The van der Waals surface area contributed by atoms with Crippen LogP contribution in [0.2, 0.25) is 0 Å². The van der Waals surface area contributed by atoms with Crippen LogP contribution in [0.1, 0.15) is 27.3 Å². The zero-order chi connectivity index (χ0) is 22.8. The third-order valence-corrected chi connectivity index (χ3v) is 6.05. The number of nitrogens with zero attached hydrogens (tertiary/aromatic N) is 3. The summed E-state index contributed by atoms with van der Waals surface area (Å²) in [7, 11) is 0. The van der Waals surface area contributed by atoms with E-state index in [2.05, 4.69) is 15.4 Å². The minimum atomic E-state index is -1.10. The fourth-order valence-corrected chi connectivity index (χ4v) is 4.46. The summed E-state index contributed by atoms with van der Waals surface area (Å²) in [6.45, 7) is 3.81. The molecule has 2 amide bonds. The predicted molar refractivity (Wildman–Crippen MR) is 122 cm³/mol. The van der Waals surface area contributed by atoms with Crippen molar-refractivity contribution in [2.45, 2.75) is 26.3 Å². The molecule has 0 fully saturated rings. The molecule has 2 heterocycles. The molecule has 4 rings (SSSR count). The van der Waals surface area contributed by atoms with Crippen LogP contribution in [0.4, 0.5) is 0 Å². The van der Waals surface area contributed by atoms with Gasteiger partial charge in [-0.15, -0.1) is 0 Å². The summed E-state index contributed by atoms with van der Waals surface area (Å²) in [5, 5.41) is 7.64. The van der Waals surface area contributed by atoms with Crippen molar-refractivity contribution in [3.8, 4) is 5.13 Å². The summed E-state index contributed by atoms with van der Waals surface area (Å²) < 4.78 is 2.62. The summed E-state index contributed by atoms with van der Waals surface area (Å²) >= 11 is 1.47. The zero-order valence-electron chi connectivity index (χ0n) is 17.5. The molecule has 32 heavy (non-hydrogen) atoms. The van der Waals surface area contributed by atoms with E-state index in [4.69, 9.17) is 5.73 Å². The molecule has 1 unspecified atom stereocenters. The van der Waals surface area contributed by atoms with Crippen LogP contribution in [0.5, 0.6) is 0 Å². The topological polar surface area (TPSA) is 120 Å². The molecule has 8 nitrogen and oxygen atoms in total. The number of thiazole rings is 1. The number of hydrogen-bond acceptors (Lipinski definition) is 6. The fourth-order valence-electron chi connectivity index (χ4n) is 3.41. The number of ketones is 1. The first-order valence-corrected chi connectivity index (χ1v) is 10.8. The van der Waals surface area contributed by atoms with Gasteiger partial charge in [-0.2, -0.15) is 5.10 Å². The van der Waals surface area contributed by atoms with E-state index >= 15 is 0 Å². The highest BCUT2D eigenvalue weighted by molar-refractivity contribution is 7.20. The van der Waals surface area contributed by atoms with E-state index in [0.29, 0.717) is 10.8 Å². The number of nitrogens with one attached hydrogen (secondary N) is 1. The monoisotopic (exact) mass is 447 g/mol. The van der Waals surface area contributed by atoms with Crippen LogP contribution in [0.25, 0.3) is 15.3 Å². The van der Waals surface area contributed by atoms with Crippen molar-refractivity contribution in [1.82, 2.24) is 20.1 Å². The van der Waals surface area contributed by atoms with Crippen LogP contribution in [-0.4, -0.2) is 38.4 Å². The number of rotatable bonds is 7. The second-order valence-electron chi connectivity index (χ2n) is 7.45. The number of amides is 2. The molecule has 2 aromatic heterocycles. The quantitative estimate of drug-likeness (QED) is 0.422. The van der Waals surface area contributed by atoms with Gasteiger partial charge in [-0.3, -0.25) is 14.4 Å². The number of para-hydroxylation sites is 1. The Morgan fingerprint density at radius 1 is 1.09 bits per heavy atom. The highest BCUT2D eigenvalue weighted by atomic mass is 32.1. The molecule has 0 aliphatic heterocycles. The lowest BCUT2D eigenvalue weighted by Gasteiger charge is -2.15. The van der Waals surface area contributed by atoms with Crippen molar-refractivity contribution in [2.24, 2.45) is 5.73 Å². The minimum Gasteiger partial charge on any atom is -0.363 e. The fraction of sp³-hybridized carbons (Fsp3) is 0.174. The number of nitrogens with two attached hydrogens (primary N) is 1. The lowest BCUT2D eigenvalue weighted by atomic mass is 10.0. The largest absolute Gasteiger partial charge is 0.363 e. The molecular weight excluding hydrogens is 426 g/mol. The maximum absolute atomic E-state index is 12.9. The molecule has 9 heteroatoms. The molecule has 1 atom stereocenters. The van der Waals surface area contributed by atoms with Crippen LogP contribution < -0.4 is 11.1 Å². The number of carbonyl (C=O) groups is 3.